The Balaban J connectivity index is 2.64. The molecule has 0 fully saturated rings. The zero-order valence-electron chi connectivity index (χ0n) is 12.0. The number of carbonyl (C=O) groups is 1. The number of aliphatic carboxylic acids is 1. The van der Waals surface area contributed by atoms with Gasteiger partial charge in [0.15, 0.2) is 0 Å². The Morgan fingerprint density at radius 2 is 2.00 bits per heavy atom. The van der Waals surface area contributed by atoms with Crippen LogP contribution in [0, 0.1) is 5.92 Å². The zero-order chi connectivity index (χ0) is 14.4. The fourth-order valence-electron chi connectivity index (χ4n) is 1.84. The van der Waals surface area contributed by atoms with Crippen LogP contribution in [-0.2, 0) is 11.3 Å². The number of hydrogen-bond donors (Lipinski definition) is 2. The zero-order valence-corrected chi connectivity index (χ0v) is 12.0. The number of carboxylic acids is 1. The molecular formula is C15H23NO3. The van der Waals surface area contributed by atoms with Gasteiger partial charge in [0, 0.05) is 6.54 Å². The van der Waals surface area contributed by atoms with Crippen molar-refractivity contribution in [3.8, 4) is 5.75 Å². The largest absolute Gasteiger partial charge is 0.491 e. The molecule has 4 nitrogen and oxygen atoms in total. The first kappa shape index (κ1) is 15.5. The summed E-state index contributed by atoms with van der Waals surface area (Å²) >= 11 is 0. The summed E-state index contributed by atoms with van der Waals surface area (Å²) in [7, 11) is 0. The third-order valence-electron chi connectivity index (χ3n) is 2.73. The van der Waals surface area contributed by atoms with Crippen molar-refractivity contribution in [2.75, 3.05) is 0 Å². The molecule has 0 unspecified atom stereocenters. The molecule has 1 aromatic rings. The van der Waals surface area contributed by atoms with Crippen molar-refractivity contribution in [1.82, 2.24) is 5.32 Å². The molecule has 19 heavy (non-hydrogen) atoms. The van der Waals surface area contributed by atoms with Crippen molar-refractivity contribution in [2.45, 2.75) is 46.4 Å². The van der Waals surface area contributed by atoms with Gasteiger partial charge in [-0.2, -0.15) is 0 Å². The molecule has 106 valence electrons. The first-order valence-corrected chi connectivity index (χ1v) is 6.62. The third kappa shape index (κ3) is 5.30. The van der Waals surface area contributed by atoms with Crippen molar-refractivity contribution >= 4 is 5.97 Å². The van der Waals surface area contributed by atoms with E-state index in [2.05, 4.69) is 5.32 Å². The number of hydrogen-bond acceptors (Lipinski definition) is 3. The number of ether oxygens (including phenoxy) is 1. The minimum absolute atomic E-state index is 0.0487. The van der Waals surface area contributed by atoms with Gasteiger partial charge in [0.1, 0.15) is 11.8 Å². The van der Waals surface area contributed by atoms with Gasteiger partial charge in [-0.25, -0.2) is 0 Å². The lowest BCUT2D eigenvalue weighted by Gasteiger charge is -2.18. The lowest BCUT2D eigenvalue weighted by Crippen LogP contribution is -2.40. The summed E-state index contributed by atoms with van der Waals surface area (Å²) in [5.41, 5.74) is 1.02. The van der Waals surface area contributed by atoms with E-state index < -0.39 is 12.0 Å². The molecule has 0 radical (unpaired) electrons. The van der Waals surface area contributed by atoms with Crippen LogP contribution in [0.1, 0.15) is 33.3 Å². The predicted molar refractivity (Wildman–Crippen MR) is 75.3 cm³/mol. The van der Waals surface area contributed by atoms with Crippen LogP contribution in [0.3, 0.4) is 0 Å². The predicted octanol–water partition coefficient (Wildman–Crippen LogP) is 2.67. The van der Waals surface area contributed by atoms with Gasteiger partial charge in [0.2, 0.25) is 0 Å². The molecule has 0 spiro atoms. The SMILES string of the molecule is CC(C)Oc1cccc(CN[C@@H](C(=O)O)C(C)C)c1. The van der Waals surface area contributed by atoms with E-state index in [1.54, 1.807) is 0 Å². The standard InChI is InChI=1S/C15H23NO3/c1-10(2)14(15(17)18)16-9-12-6-5-7-13(8-12)19-11(3)4/h5-8,10-11,14,16H,9H2,1-4H3,(H,17,18)/t14-/m1/s1. The maximum absolute atomic E-state index is 11.1. The smallest absolute Gasteiger partial charge is 0.320 e. The van der Waals surface area contributed by atoms with E-state index in [0.29, 0.717) is 6.54 Å². The maximum atomic E-state index is 11.1. The first-order valence-electron chi connectivity index (χ1n) is 6.62. The van der Waals surface area contributed by atoms with Crippen LogP contribution in [0.4, 0.5) is 0 Å². The number of benzene rings is 1. The molecule has 0 amide bonds. The Morgan fingerprint density at radius 3 is 2.53 bits per heavy atom. The van der Waals surface area contributed by atoms with Crippen LogP contribution < -0.4 is 10.1 Å². The molecule has 0 bridgehead atoms. The van der Waals surface area contributed by atoms with Gasteiger partial charge in [-0.3, -0.25) is 4.79 Å². The topological polar surface area (TPSA) is 58.6 Å². The van der Waals surface area contributed by atoms with E-state index in [9.17, 15) is 4.79 Å². The van der Waals surface area contributed by atoms with Crippen LogP contribution >= 0.6 is 0 Å². The summed E-state index contributed by atoms with van der Waals surface area (Å²) in [4.78, 5) is 11.1. The highest BCUT2D eigenvalue weighted by Gasteiger charge is 2.20. The normalized spacial score (nSPS) is 12.7. The van der Waals surface area contributed by atoms with Crippen molar-refractivity contribution in [3.05, 3.63) is 29.8 Å². The average Bonchev–Trinajstić information content (AvgIpc) is 2.27. The molecule has 1 aromatic carbocycles. The fourth-order valence-corrected chi connectivity index (χ4v) is 1.84. The molecule has 0 heterocycles. The summed E-state index contributed by atoms with van der Waals surface area (Å²) in [6.45, 7) is 8.26. The van der Waals surface area contributed by atoms with E-state index in [4.69, 9.17) is 9.84 Å². The fraction of sp³-hybridized carbons (Fsp3) is 0.533. The Hall–Kier alpha value is -1.55. The van der Waals surface area contributed by atoms with Crippen LogP contribution in [0.25, 0.3) is 0 Å². The molecule has 0 saturated carbocycles. The Bertz CT molecular complexity index is 416. The lowest BCUT2D eigenvalue weighted by molar-refractivity contribution is -0.140. The summed E-state index contributed by atoms with van der Waals surface area (Å²) < 4.78 is 5.61. The van der Waals surface area contributed by atoms with Crippen molar-refractivity contribution < 1.29 is 14.6 Å². The Labute approximate surface area is 114 Å². The lowest BCUT2D eigenvalue weighted by atomic mass is 10.0. The minimum atomic E-state index is -0.815. The highest BCUT2D eigenvalue weighted by molar-refractivity contribution is 5.73. The summed E-state index contributed by atoms with van der Waals surface area (Å²) in [6.07, 6.45) is 0.130. The van der Waals surface area contributed by atoms with Gasteiger partial charge in [-0.1, -0.05) is 26.0 Å². The van der Waals surface area contributed by atoms with Crippen molar-refractivity contribution in [3.63, 3.8) is 0 Å². The third-order valence-corrected chi connectivity index (χ3v) is 2.73. The van der Waals surface area contributed by atoms with Gasteiger partial charge < -0.3 is 15.2 Å². The molecule has 0 aromatic heterocycles. The average molecular weight is 265 g/mol. The molecule has 0 saturated heterocycles. The summed E-state index contributed by atoms with van der Waals surface area (Å²) in [5.74, 6) is 0.0444. The molecule has 2 N–H and O–H groups in total. The van der Waals surface area contributed by atoms with Crippen LogP contribution in [-0.4, -0.2) is 23.2 Å². The number of nitrogens with one attached hydrogen (secondary N) is 1. The molecule has 1 rings (SSSR count). The highest BCUT2D eigenvalue weighted by Crippen LogP contribution is 2.15. The maximum Gasteiger partial charge on any atom is 0.320 e. The molecule has 0 aliphatic carbocycles. The molecule has 0 aliphatic rings. The van der Waals surface area contributed by atoms with E-state index in [1.165, 1.54) is 0 Å². The van der Waals surface area contributed by atoms with E-state index >= 15 is 0 Å². The van der Waals surface area contributed by atoms with Gasteiger partial charge in [0.25, 0.3) is 0 Å². The second-order valence-corrected chi connectivity index (χ2v) is 5.25. The van der Waals surface area contributed by atoms with Gasteiger partial charge >= 0.3 is 5.97 Å². The molecular weight excluding hydrogens is 242 g/mol. The monoisotopic (exact) mass is 265 g/mol. The van der Waals surface area contributed by atoms with Crippen LogP contribution in [0.2, 0.25) is 0 Å². The van der Waals surface area contributed by atoms with Gasteiger partial charge in [-0.05, 0) is 37.5 Å². The van der Waals surface area contributed by atoms with E-state index in [-0.39, 0.29) is 12.0 Å². The van der Waals surface area contributed by atoms with E-state index in [1.807, 2.05) is 52.0 Å². The van der Waals surface area contributed by atoms with Crippen molar-refractivity contribution in [2.24, 2.45) is 5.92 Å². The van der Waals surface area contributed by atoms with E-state index in [0.717, 1.165) is 11.3 Å². The second-order valence-electron chi connectivity index (χ2n) is 5.25. The van der Waals surface area contributed by atoms with Crippen LogP contribution in [0.5, 0.6) is 5.75 Å². The second kappa shape index (κ2) is 7.14. The quantitative estimate of drug-likeness (QED) is 0.795. The molecule has 4 heteroatoms. The minimum Gasteiger partial charge on any atom is -0.491 e. The van der Waals surface area contributed by atoms with Gasteiger partial charge in [-0.15, -0.1) is 0 Å². The number of carboxylic acid groups (broad SMARTS) is 1. The van der Waals surface area contributed by atoms with Crippen molar-refractivity contribution in [1.29, 1.82) is 0 Å². The Kier molecular flexibility index (Phi) is 5.83. The first-order chi connectivity index (χ1) is 8.90. The highest BCUT2D eigenvalue weighted by atomic mass is 16.5. The van der Waals surface area contributed by atoms with Crippen LogP contribution in [0.15, 0.2) is 24.3 Å². The summed E-state index contributed by atoms with van der Waals surface area (Å²) in [5, 5.41) is 12.2. The molecule has 0 aliphatic heterocycles. The summed E-state index contributed by atoms with van der Waals surface area (Å²) in [6, 6.07) is 7.18. The number of rotatable bonds is 7. The van der Waals surface area contributed by atoms with Gasteiger partial charge in [0.05, 0.1) is 6.10 Å². The molecule has 1 atom stereocenters. The Morgan fingerprint density at radius 1 is 1.32 bits per heavy atom.